The minimum atomic E-state index is -3.54. The Kier molecular flexibility index (Phi) is 8.28. The van der Waals surface area contributed by atoms with E-state index in [1.807, 2.05) is 12.7 Å². The Bertz CT molecular complexity index is 1370. The van der Waals surface area contributed by atoms with Crippen molar-refractivity contribution in [2.75, 3.05) is 49.8 Å². The molecule has 2 aliphatic rings. The monoisotopic (exact) mass is 566 g/mol. The van der Waals surface area contributed by atoms with E-state index in [0.717, 1.165) is 31.2 Å². The predicted octanol–water partition coefficient (Wildman–Crippen LogP) is 4.36. The predicted molar refractivity (Wildman–Crippen MR) is 147 cm³/mol. The number of nitrogens with one attached hydrogen (secondary N) is 2. The Labute approximate surface area is 222 Å². The van der Waals surface area contributed by atoms with Crippen molar-refractivity contribution in [3.8, 4) is 0 Å². The molecule has 1 aromatic heterocycles. The Morgan fingerprint density at radius 2 is 1.86 bits per heavy atom. The minimum absolute atomic E-state index is 0.000745. The van der Waals surface area contributed by atoms with Crippen LogP contribution in [-0.4, -0.2) is 79.0 Å². The van der Waals surface area contributed by atoms with Crippen LogP contribution in [0, 0.1) is 0 Å². The van der Waals surface area contributed by atoms with E-state index in [2.05, 4.69) is 36.8 Å². The number of hydrogen-bond acceptors (Lipinski definition) is 10. The van der Waals surface area contributed by atoms with Gasteiger partial charge in [0.15, 0.2) is 20.8 Å². The van der Waals surface area contributed by atoms with Crippen molar-refractivity contribution in [2.45, 2.75) is 36.5 Å². The molecule has 1 aliphatic heterocycles. The van der Waals surface area contributed by atoms with Gasteiger partial charge in [-0.25, -0.2) is 8.42 Å². The van der Waals surface area contributed by atoms with Gasteiger partial charge in [0.2, 0.25) is 5.95 Å². The molecule has 37 heavy (non-hydrogen) atoms. The molecule has 2 aromatic rings. The Balaban J connectivity index is 1.53. The minimum Gasteiger partial charge on any atom is -0.499 e. The number of methoxy groups -OCH3 is 1. The fourth-order valence-corrected chi connectivity index (χ4v) is 7.14. The number of benzene rings is 1. The van der Waals surface area contributed by atoms with Crippen molar-refractivity contribution in [3.63, 3.8) is 0 Å². The Morgan fingerprint density at radius 3 is 2.54 bits per heavy atom. The van der Waals surface area contributed by atoms with E-state index in [1.165, 1.54) is 0 Å². The number of para-hydroxylation sites is 1. The molecule has 0 bridgehead atoms. The van der Waals surface area contributed by atoms with Crippen molar-refractivity contribution < 1.29 is 17.7 Å². The standard InChI is InChI=1S/C24H32ClN6O4PS/c1-16(2)37(33,34)21-8-6-5-7-19(21)26-23-22(25)29-30-24(28-23)27-18-10-9-17(15-20(18)35-3)31-11-13-36(4,32)14-12-31/h5-10,16-17H,11-15H2,1-4H3,(H2,26,27,28,30). The number of nitrogens with zero attached hydrogens (tertiary/aromatic N) is 4. The summed E-state index contributed by atoms with van der Waals surface area (Å²) in [4.78, 5) is 6.92. The summed E-state index contributed by atoms with van der Waals surface area (Å²) in [6, 6.07) is 6.74. The highest BCUT2D eigenvalue weighted by molar-refractivity contribution is 7.92. The van der Waals surface area contributed by atoms with Crippen LogP contribution in [0.5, 0.6) is 0 Å². The maximum Gasteiger partial charge on any atom is 0.249 e. The van der Waals surface area contributed by atoms with Crippen molar-refractivity contribution >= 4 is 46.0 Å². The lowest BCUT2D eigenvalue weighted by Gasteiger charge is -2.37. The molecule has 4 rings (SSSR count). The Hall–Kier alpha value is -2.46. The molecule has 0 amide bonds. The zero-order chi connectivity index (χ0) is 26.8. The summed E-state index contributed by atoms with van der Waals surface area (Å²) >= 11 is 6.25. The molecular formula is C24H32ClN6O4PS. The van der Waals surface area contributed by atoms with Gasteiger partial charge in [0.05, 0.1) is 35.8 Å². The third-order valence-corrected chi connectivity index (χ3v) is 11.3. The molecule has 10 nitrogen and oxygen atoms in total. The van der Waals surface area contributed by atoms with Gasteiger partial charge in [-0.2, -0.15) is 4.98 Å². The average Bonchev–Trinajstić information content (AvgIpc) is 2.86. The highest BCUT2D eigenvalue weighted by Gasteiger charge is 2.30. The number of halogens is 1. The molecule has 200 valence electrons. The summed E-state index contributed by atoms with van der Waals surface area (Å²) in [6.07, 6.45) is 6.12. The van der Waals surface area contributed by atoms with E-state index >= 15 is 0 Å². The van der Waals surface area contributed by atoms with Gasteiger partial charge in [-0.15, -0.1) is 10.2 Å². The lowest BCUT2D eigenvalue weighted by molar-refractivity contribution is 0.202. The molecule has 0 saturated carbocycles. The lowest BCUT2D eigenvalue weighted by Crippen LogP contribution is -2.42. The number of hydrogen-bond donors (Lipinski definition) is 2. The molecule has 1 fully saturated rings. The second-order valence-electron chi connectivity index (χ2n) is 9.57. The lowest BCUT2D eigenvalue weighted by atomic mass is 10.0. The number of aromatic nitrogens is 3. The number of sulfone groups is 1. The SMILES string of the molecule is COC1=C(Nc2nnc(Cl)c(Nc3ccccc3S(=O)(=O)C(C)C)n2)C=CC(N2CCP(C)(=O)CC2)C1. The number of rotatable bonds is 8. The molecule has 0 radical (unpaired) electrons. The summed E-state index contributed by atoms with van der Waals surface area (Å²) in [5.41, 5.74) is 1.04. The number of ether oxygens (including phenoxy) is 1. The topological polar surface area (TPSA) is 126 Å². The van der Waals surface area contributed by atoms with Gasteiger partial charge in [-0.1, -0.05) is 29.8 Å². The van der Waals surface area contributed by atoms with Crippen molar-refractivity contribution in [1.82, 2.24) is 20.1 Å². The van der Waals surface area contributed by atoms with E-state index in [9.17, 15) is 13.0 Å². The van der Waals surface area contributed by atoms with Crippen molar-refractivity contribution in [3.05, 3.63) is 53.0 Å². The van der Waals surface area contributed by atoms with Crippen molar-refractivity contribution in [1.29, 1.82) is 0 Å². The van der Waals surface area contributed by atoms with Gasteiger partial charge >= 0.3 is 0 Å². The first-order chi connectivity index (χ1) is 17.5. The molecule has 1 saturated heterocycles. The summed E-state index contributed by atoms with van der Waals surface area (Å²) in [5, 5.41) is 13.6. The molecule has 2 heterocycles. The normalized spacial score (nSPS) is 20.2. The quantitative estimate of drug-likeness (QED) is 0.445. The summed E-state index contributed by atoms with van der Waals surface area (Å²) in [7, 11) is -3.93. The molecule has 1 atom stereocenters. The van der Waals surface area contributed by atoms with Gasteiger partial charge < -0.3 is 19.9 Å². The van der Waals surface area contributed by atoms with Crippen LogP contribution in [0.15, 0.2) is 52.8 Å². The van der Waals surface area contributed by atoms with Crippen LogP contribution < -0.4 is 10.6 Å². The van der Waals surface area contributed by atoms with Crippen LogP contribution in [0.4, 0.5) is 17.5 Å². The maximum absolute atomic E-state index is 12.8. The highest BCUT2D eigenvalue weighted by atomic mass is 35.5. The summed E-state index contributed by atoms with van der Waals surface area (Å²) < 4.78 is 43.7. The molecule has 1 unspecified atom stereocenters. The van der Waals surface area contributed by atoms with Gasteiger partial charge in [0.25, 0.3) is 0 Å². The van der Waals surface area contributed by atoms with Crippen LogP contribution in [-0.2, 0) is 19.1 Å². The molecule has 2 N–H and O–H groups in total. The molecule has 1 aromatic carbocycles. The van der Waals surface area contributed by atoms with Crippen LogP contribution in [0.25, 0.3) is 0 Å². The fraction of sp³-hybridized carbons (Fsp3) is 0.458. The first-order valence-corrected chi connectivity index (χ1v) is 16.5. The summed E-state index contributed by atoms with van der Waals surface area (Å²) in [6.45, 7) is 6.74. The number of anilines is 3. The van der Waals surface area contributed by atoms with Crippen LogP contribution in [0.1, 0.15) is 20.3 Å². The zero-order valence-electron chi connectivity index (χ0n) is 21.3. The van der Waals surface area contributed by atoms with E-state index in [1.54, 1.807) is 45.2 Å². The average molecular weight is 567 g/mol. The largest absolute Gasteiger partial charge is 0.499 e. The molecular weight excluding hydrogens is 535 g/mol. The summed E-state index contributed by atoms with van der Waals surface area (Å²) in [5.74, 6) is 1.08. The second-order valence-corrected chi connectivity index (χ2v) is 15.9. The van der Waals surface area contributed by atoms with Gasteiger partial charge in [-0.3, -0.25) is 4.90 Å². The third-order valence-electron chi connectivity index (χ3n) is 6.58. The van der Waals surface area contributed by atoms with Crippen LogP contribution >= 0.6 is 18.7 Å². The smallest absolute Gasteiger partial charge is 0.249 e. The van der Waals surface area contributed by atoms with Crippen LogP contribution in [0.2, 0.25) is 5.15 Å². The number of allylic oxidation sites excluding steroid dienone is 1. The first-order valence-electron chi connectivity index (χ1n) is 12.0. The van der Waals surface area contributed by atoms with E-state index < -0.39 is 22.2 Å². The zero-order valence-corrected chi connectivity index (χ0v) is 23.8. The molecule has 13 heteroatoms. The Morgan fingerprint density at radius 1 is 1.16 bits per heavy atom. The first kappa shape index (κ1) is 27.6. The van der Waals surface area contributed by atoms with Crippen molar-refractivity contribution in [2.24, 2.45) is 0 Å². The fourth-order valence-electron chi connectivity index (χ4n) is 4.22. The van der Waals surface area contributed by atoms with Gasteiger partial charge in [0, 0.05) is 37.9 Å². The van der Waals surface area contributed by atoms with Gasteiger partial charge in [0.1, 0.15) is 5.76 Å². The van der Waals surface area contributed by atoms with Gasteiger partial charge in [-0.05, 0) is 38.7 Å². The van der Waals surface area contributed by atoms with E-state index in [-0.39, 0.29) is 27.9 Å². The van der Waals surface area contributed by atoms with Crippen LogP contribution in [0.3, 0.4) is 0 Å². The maximum atomic E-state index is 12.8. The van der Waals surface area contributed by atoms with E-state index in [4.69, 9.17) is 16.3 Å². The second kappa shape index (κ2) is 11.1. The molecule has 1 aliphatic carbocycles. The van der Waals surface area contributed by atoms with E-state index in [0.29, 0.717) is 17.8 Å². The third kappa shape index (κ3) is 6.34. The molecule has 0 spiro atoms. The highest BCUT2D eigenvalue weighted by Crippen LogP contribution is 2.43.